The lowest BCUT2D eigenvalue weighted by molar-refractivity contribution is 0.0992. The third kappa shape index (κ3) is 2.94. The van der Waals surface area contributed by atoms with Crippen molar-refractivity contribution in [3.63, 3.8) is 0 Å². The number of carbonyl (C=O) groups excluding carboxylic acids is 1. The van der Waals surface area contributed by atoms with Gasteiger partial charge in [0.25, 0.3) is 0 Å². The lowest BCUT2D eigenvalue weighted by Gasteiger charge is -2.03. The zero-order valence-corrected chi connectivity index (χ0v) is 10.3. The van der Waals surface area contributed by atoms with Crippen LogP contribution in [0.1, 0.15) is 15.9 Å². The van der Waals surface area contributed by atoms with Crippen LogP contribution in [0.4, 0.5) is 4.39 Å². The number of aromatic nitrogens is 2. The van der Waals surface area contributed by atoms with Crippen LogP contribution in [0.2, 0.25) is 0 Å². The summed E-state index contributed by atoms with van der Waals surface area (Å²) < 4.78 is 13.5. The molecule has 0 spiro atoms. The molecule has 5 heteroatoms. The van der Waals surface area contributed by atoms with Crippen molar-refractivity contribution in [3.8, 4) is 0 Å². The Labute approximate surface area is 106 Å². The van der Waals surface area contributed by atoms with Crippen molar-refractivity contribution in [2.24, 2.45) is 0 Å². The van der Waals surface area contributed by atoms with Gasteiger partial charge >= 0.3 is 0 Å². The Morgan fingerprint density at radius 2 is 2.00 bits per heavy atom. The summed E-state index contributed by atoms with van der Waals surface area (Å²) in [6.45, 7) is 0. The van der Waals surface area contributed by atoms with Gasteiger partial charge in [0.2, 0.25) is 0 Å². The van der Waals surface area contributed by atoms with E-state index in [1.54, 1.807) is 6.07 Å². The fourth-order valence-electron chi connectivity index (χ4n) is 1.38. The Morgan fingerprint density at radius 1 is 1.29 bits per heavy atom. The van der Waals surface area contributed by atoms with Gasteiger partial charge in [-0.15, -0.1) is 0 Å². The fraction of sp³-hybridized carbons (Fsp3) is 0.0833. The molecule has 2 rings (SSSR count). The van der Waals surface area contributed by atoms with Crippen molar-refractivity contribution in [1.82, 2.24) is 9.97 Å². The number of nitrogens with zero attached hydrogens (tertiary/aromatic N) is 2. The molecule has 0 aliphatic heterocycles. The van der Waals surface area contributed by atoms with Crippen LogP contribution in [0, 0.1) is 5.82 Å². The van der Waals surface area contributed by atoms with E-state index in [1.165, 1.54) is 30.9 Å². The van der Waals surface area contributed by atoms with E-state index >= 15 is 0 Å². The summed E-state index contributed by atoms with van der Waals surface area (Å²) in [7, 11) is 0. The maximum Gasteiger partial charge on any atom is 0.170 e. The van der Waals surface area contributed by atoms with Crippen LogP contribution in [0.15, 0.2) is 41.4 Å². The lowest BCUT2D eigenvalue weighted by atomic mass is 10.1. The molecule has 0 unspecified atom stereocenters. The number of benzene rings is 1. The van der Waals surface area contributed by atoms with Gasteiger partial charge in [-0.05, 0) is 17.7 Å². The van der Waals surface area contributed by atoms with Crippen LogP contribution in [0.3, 0.4) is 0 Å². The van der Waals surface area contributed by atoms with Crippen LogP contribution in [-0.2, 0) is 6.42 Å². The molecule has 1 heterocycles. The second-order valence-corrected chi connectivity index (χ2v) is 4.32. The SMILES string of the molecule is O=C(Cc1ccc(F)cc1Br)c1cncnc1. The topological polar surface area (TPSA) is 42.9 Å². The Bertz CT molecular complexity index is 545. The summed E-state index contributed by atoms with van der Waals surface area (Å²) in [5.41, 5.74) is 1.18. The average molecular weight is 295 g/mol. The third-order valence-corrected chi connectivity index (χ3v) is 2.99. The molecule has 0 radical (unpaired) electrons. The monoisotopic (exact) mass is 294 g/mol. The zero-order chi connectivity index (χ0) is 12.3. The Kier molecular flexibility index (Phi) is 3.58. The van der Waals surface area contributed by atoms with Crippen LogP contribution >= 0.6 is 15.9 Å². The van der Waals surface area contributed by atoms with E-state index in [4.69, 9.17) is 0 Å². The number of hydrogen-bond donors (Lipinski definition) is 0. The zero-order valence-electron chi connectivity index (χ0n) is 8.73. The smallest absolute Gasteiger partial charge is 0.170 e. The van der Waals surface area contributed by atoms with Gasteiger partial charge < -0.3 is 0 Å². The first-order valence-corrected chi connectivity index (χ1v) is 5.68. The van der Waals surface area contributed by atoms with Crippen molar-refractivity contribution in [2.45, 2.75) is 6.42 Å². The number of rotatable bonds is 3. The highest BCUT2D eigenvalue weighted by Gasteiger charge is 2.10. The van der Waals surface area contributed by atoms with Gasteiger partial charge in [-0.1, -0.05) is 22.0 Å². The first-order chi connectivity index (χ1) is 8.16. The van der Waals surface area contributed by atoms with Crippen molar-refractivity contribution in [2.75, 3.05) is 0 Å². The summed E-state index contributed by atoms with van der Waals surface area (Å²) in [6.07, 6.45) is 4.48. The average Bonchev–Trinajstić information content (AvgIpc) is 2.34. The van der Waals surface area contributed by atoms with E-state index in [9.17, 15) is 9.18 Å². The molecule has 3 nitrogen and oxygen atoms in total. The quantitative estimate of drug-likeness (QED) is 0.818. The highest BCUT2D eigenvalue weighted by Crippen LogP contribution is 2.19. The molecule has 0 saturated heterocycles. The van der Waals surface area contributed by atoms with E-state index < -0.39 is 0 Å². The molecule has 1 aromatic carbocycles. The molecule has 0 bridgehead atoms. The molecular formula is C12H8BrFN2O. The molecule has 0 fully saturated rings. The predicted octanol–water partition coefficient (Wildman–Crippen LogP) is 2.80. The van der Waals surface area contributed by atoms with Gasteiger partial charge in [0.15, 0.2) is 5.78 Å². The molecule has 86 valence electrons. The Morgan fingerprint density at radius 3 is 2.65 bits per heavy atom. The molecule has 2 aromatic rings. The number of halogens is 2. The fourth-order valence-corrected chi connectivity index (χ4v) is 1.87. The minimum atomic E-state index is -0.337. The predicted molar refractivity (Wildman–Crippen MR) is 64.2 cm³/mol. The third-order valence-electron chi connectivity index (χ3n) is 2.25. The molecule has 0 aliphatic carbocycles. The van der Waals surface area contributed by atoms with E-state index in [0.29, 0.717) is 10.0 Å². The van der Waals surface area contributed by atoms with Crippen molar-refractivity contribution < 1.29 is 9.18 Å². The van der Waals surface area contributed by atoms with E-state index in [2.05, 4.69) is 25.9 Å². The molecule has 17 heavy (non-hydrogen) atoms. The molecular weight excluding hydrogens is 287 g/mol. The number of ketones is 1. The van der Waals surface area contributed by atoms with Gasteiger partial charge in [0.1, 0.15) is 12.1 Å². The van der Waals surface area contributed by atoms with E-state index in [-0.39, 0.29) is 18.0 Å². The normalized spacial score (nSPS) is 10.2. The van der Waals surface area contributed by atoms with Gasteiger partial charge in [-0.3, -0.25) is 4.79 Å². The van der Waals surface area contributed by atoms with E-state index in [0.717, 1.165) is 5.56 Å². The molecule has 0 amide bonds. The van der Waals surface area contributed by atoms with E-state index in [1.807, 2.05) is 0 Å². The first kappa shape index (κ1) is 11.9. The van der Waals surface area contributed by atoms with Crippen LogP contribution in [0.25, 0.3) is 0 Å². The number of hydrogen-bond acceptors (Lipinski definition) is 3. The van der Waals surface area contributed by atoms with Gasteiger partial charge in [0.05, 0.1) is 5.56 Å². The number of carbonyl (C=O) groups is 1. The molecule has 1 aromatic heterocycles. The summed E-state index contributed by atoms with van der Waals surface area (Å²) in [5, 5.41) is 0. The first-order valence-electron chi connectivity index (χ1n) is 4.89. The van der Waals surface area contributed by atoms with Crippen molar-refractivity contribution >= 4 is 21.7 Å². The molecule has 0 N–H and O–H groups in total. The minimum Gasteiger partial charge on any atom is -0.294 e. The molecule has 0 aliphatic rings. The maximum atomic E-state index is 12.9. The summed E-state index contributed by atoms with van der Waals surface area (Å²) in [6, 6.07) is 4.25. The lowest BCUT2D eigenvalue weighted by Crippen LogP contribution is -2.05. The molecule has 0 saturated carbocycles. The standard InChI is InChI=1S/C12H8BrFN2O/c13-11-4-10(14)2-1-8(11)3-12(17)9-5-15-7-16-6-9/h1-2,4-7H,3H2. The van der Waals surface area contributed by atoms with Gasteiger partial charge in [0, 0.05) is 23.3 Å². The highest BCUT2D eigenvalue weighted by atomic mass is 79.9. The second kappa shape index (κ2) is 5.14. The maximum absolute atomic E-state index is 12.9. The Balaban J connectivity index is 2.19. The summed E-state index contributed by atoms with van der Waals surface area (Å²) in [5.74, 6) is -0.436. The molecule has 0 atom stereocenters. The second-order valence-electron chi connectivity index (χ2n) is 3.46. The highest BCUT2D eigenvalue weighted by molar-refractivity contribution is 9.10. The summed E-state index contributed by atoms with van der Waals surface area (Å²) >= 11 is 3.22. The van der Waals surface area contributed by atoms with Crippen molar-refractivity contribution in [1.29, 1.82) is 0 Å². The summed E-state index contributed by atoms with van der Waals surface area (Å²) in [4.78, 5) is 19.4. The van der Waals surface area contributed by atoms with Crippen LogP contribution < -0.4 is 0 Å². The Hall–Kier alpha value is -1.62. The van der Waals surface area contributed by atoms with Crippen LogP contribution in [-0.4, -0.2) is 15.8 Å². The van der Waals surface area contributed by atoms with Crippen LogP contribution in [0.5, 0.6) is 0 Å². The largest absolute Gasteiger partial charge is 0.294 e. The minimum absolute atomic E-state index is 0.0992. The van der Waals surface area contributed by atoms with Gasteiger partial charge in [-0.2, -0.15) is 0 Å². The van der Waals surface area contributed by atoms with Crippen molar-refractivity contribution in [3.05, 3.63) is 58.3 Å². The number of Topliss-reactive ketones (excluding diaryl/α,β-unsaturated/α-hetero) is 1. The van der Waals surface area contributed by atoms with Gasteiger partial charge in [-0.25, -0.2) is 14.4 Å².